The zero-order valence-electron chi connectivity index (χ0n) is 3.08. The summed E-state index contributed by atoms with van der Waals surface area (Å²) in [5, 5.41) is 0. The molecule has 0 unspecified atom stereocenters. The number of hydrogen-bond donors (Lipinski definition) is 3. The summed E-state index contributed by atoms with van der Waals surface area (Å²) in [4.78, 5) is 21.6. The van der Waals surface area contributed by atoms with Gasteiger partial charge in [-0.25, -0.2) is 4.57 Å². The molecule has 0 aromatic carbocycles. The predicted molar refractivity (Wildman–Crippen MR) is 14.3 cm³/mol. The molecule has 0 fully saturated rings. The number of phosphoric acid groups is 1. The first-order valence-electron chi connectivity index (χ1n) is 0.783. The molecule has 0 saturated carbocycles. The van der Waals surface area contributed by atoms with Crippen LogP contribution in [0.5, 0.6) is 0 Å². The molecule has 3 N–H and O–H groups in total. The molecule has 0 atom stereocenters. The average Bonchev–Trinajstić information content (AvgIpc) is 0.722. The topological polar surface area (TPSA) is 77.8 Å². The van der Waals surface area contributed by atoms with E-state index in [9.17, 15) is 0 Å². The van der Waals surface area contributed by atoms with Crippen LogP contribution in [0.4, 0.5) is 0 Å². The van der Waals surface area contributed by atoms with Gasteiger partial charge >= 0.3 is 7.82 Å². The predicted octanol–water partition coefficient (Wildman–Crippen LogP) is -0.929. The zero-order valence-corrected chi connectivity index (χ0v) is 9.53. The van der Waals surface area contributed by atoms with Crippen LogP contribution in [0.1, 0.15) is 0 Å². The third-order valence-corrected chi connectivity index (χ3v) is 0. The van der Waals surface area contributed by atoms with Gasteiger partial charge in [-0.1, -0.05) is 0 Å². The van der Waals surface area contributed by atoms with Gasteiger partial charge < -0.3 is 14.7 Å². The number of hydrogen-bond acceptors (Lipinski definition) is 1. The summed E-state index contributed by atoms with van der Waals surface area (Å²) in [6.07, 6.45) is 0. The summed E-state index contributed by atoms with van der Waals surface area (Å²) in [7, 11) is -4.64. The first-order valence-corrected chi connectivity index (χ1v) is 2.35. The standard InChI is InChI=1S/Ce.Eu.H3O4P/c;;1-5(2,3)4/h;;(H3,1,2,3,4). The van der Waals surface area contributed by atoms with Crippen LogP contribution >= 0.6 is 7.82 Å². The van der Waals surface area contributed by atoms with Crippen molar-refractivity contribution in [3.05, 3.63) is 0 Å². The van der Waals surface area contributed by atoms with Gasteiger partial charge in [0.2, 0.25) is 0 Å². The van der Waals surface area contributed by atoms with E-state index in [4.69, 9.17) is 19.2 Å². The zero-order chi connectivity index (χ0) is 4.50. The first-order chi connectivity index (χ1) is 2.00. The largest absolute Gasteiger partial charge is 0.466 e. The molecule has 0 aliphatic carbocycles. The quantitative estimate of drug-likeness (QED) is 0.468. The van der Waals surface area contributed by atoms with Crippen LogP contribution in [0.15, 0.2) is 0 Å². The second-order valence-corrected chi connectivity index (χ2v) is 1.54. The SMILES string of the molecule is O=P(O)(O)O.[Ce].[Eu]. The molecule has 0 rings (SSSR count). The third kappa shape index (κ3) is 48.1. The van der Waals surface area contributed by atoms with E-state index in [1.807, 2.05) is 0 Å². The summed E-state index contributed by atoms with van der Waals surface area (Å²) in [5.74, 6) is 0. The average molecular weight is 390 g/mol. The van der Waals surface area contributed by atoms with Gasteiger partial charge in [-0.3, -0.25) is 0 Å². The third-order valence-electron chi connectivity index (χ3n) is 0. The fourth-order valence-corrected chi connectivity index (χ4v) is 0. The van der Waals surface area contributed by atoms with Crippen molar-refractivity contribution in [2.24, 2.45) is 0 Å². The Bertz CT molecular complexity index is 57.8. The molecule has 0 aromatic heterocycles. The van der Waals surface area contributed by atoms with E-state index in [0.717, 1.165) is 0 Å². The van der Waals surface area contributed by atoms with E-state index in [1.165, 1.54) is 0 Å². The van der Waals surface area contributed by atoms with Gasteiger partial charge in [-0.15, -0.1) is 0 Å². The van der Waals surface area contributed by atoms with E-state index in [-0.39, 0.29) is 91.1 Å². The molecule has 0 aromatic rings. The Balaban J connectivity index is -0.0000000800. The van der Waals surface area contributed by atoms with Crippen molar-refractivity contribution < 1.29 is 110 Å². The molecule has 4 nitrogen and oxygen atoms in total. The summed E-state index contributed by atoms with van der Waals surface area (Å²) < 4.78 is 8.88. The van der Waals surface area contributed by atoms with Gasteiger partial charge in [0.25, 0.3) is 0 Å². The van der Waals surface area contributed by atoms with Crippen LogP contribution in [0, 0.1) is 91.1 Å². The second kappa shape index (κ2) is 7.18. The maximum Gasteiger partial charge on any atom is 0.466 e. The van der Waals surface area contributed by atoms with Crippen molar-refractivity contribution in [1.29, 1.82) is 0 Å². The van der Waals surface area contributed by atoms with E-state index in [0.29, 0.717) is 0 Å². The van der Waals surface area contributed by atoms with E-state index in [2.05, 4.69) is 0 Å². The molecule has 0 amide bonds. The number of rotatable bonds is 0. The molecule has 7 heteroatoms. The molecule has 1 radical (unpaired) electrons. The van der Waals surface area contributed by atoms with E-state index >= 15 is 0 Å². The molecule has 43 valence electrons. The Hall–Kier alpha value is 3.07. The Morgan fingerprint density at radius 2 is 1.14 bits per heavy atom. The minimum absolute atomic E-state index is 0. The van der Waals surface area contributed by atoms with Crippen LogP contribution in [-0.4, -0.2) is 14.7 Å². The molecule has 0 aliphatic rings. The van der Waals surface area contributed by atoms with Crippen LogP contribution in [0.2, 0.25) is 0 Å². The van der Waals surface area contributed by atoms with Crippen LogP contribution in [-0.2, 0) is 4.57 Å². The molecule has 0 spiro atoms. The van der Waals surface area contributed by atoms with Crippen molar-refractivity contribution in [2.45, 2.75) is 0 Å². The van der Waals surface area contributed by atoms with Crippen LogP contribution in [0.3, 0.4) is 0 Å². The molecule has 7 heavy (non-hydrogen) atoms. The van der Waals surface area contributed by atoms with Crippen molar-refractivity contribution in [3.63, 3.8) is 0 Å². The van der Waals surface area contributed by atoms with Gasteiger partial charge in [0, 0.05) is 91.1 Å². The van der Waals surface area contributed by atoms with Crippen molar-refractivity contribution in [3.8, 4) is 0 Å². The minimum Gasteiger partial charge on any atom is -0.303 e. The van der Waals surface area contributed by atoms with E-state index < -0.39 is 7.82 Å². The fourth-order valence-electron chi connectivity index (χ4n) is 0. The van der Waals surface area contributed by atoms with Crippen molar-refractivity contribution >= 4 is 7.82 Å². The fraction of sp³-hybridized carbons (Fsp3) is 0. The van der Waals surface area contributed by atoms with Crippen molar-refractivity contribution in [2.75, 3.05) is 0 Å². The van der Waals surface area contributed by atoms with Gasteiger partial charge in [-0.05, 0) is 0 Å². The molecular weight excluding hydrogens is 387 g/mol. The van der Waals surface area contributed by atoms with Gasteiger partial charge in [-0.2, -0.15) is 0 Å². The second-order valence-electron chi connectivity index (χ2n) is 0.513. The smallest absolute Gasteiger partial charge is 0.303 e. The Morgan fingerprint density at radius 3 is 1.14 bits per heavy atom. The van der Waals surface area contributed by atoms with Crippen LogP contribution in [0.25, 0.3) is 0 Å². The molecular formula is H3CeEuO4P. The summed E-state index contributed by atoms with van der Waals surface area (Å²) in [5.41, 5.74) is 0. The van der Waals surface area contributed by atoms with Crippen molar-refractivity contribution in [1.82, 2.24) is 0 Å². The van der Waals surface area contributed by atoms with Gasteiger partial charge in [0.05, 0.1) is 0 Å². The summed E-state index contributed by atoms with van der Waals surface area (Å²) >= 11 is 0. The van der Waals surface area contributed by atoms with Crippen LogP contribution < -0.4 is 0 Å². The summed E-state index contributed by atoms with van der Waals surface area (Å²) in [6, 6.07) is 0. The monoisotopic (exact) mass is 391 g/mol. The molecule has 0 bridgehead atoms. The Labute approximate surface area is 115 Å². The van der Waals surface area contributed by atoms with E-state index in [1.54, 1.807) is 0 Å². The van der Waals surface area contributed by atoms with Gasteiger partial charge in [0.1, 0.15) is 0 Å². The minimum atomic E-state index is -4.64. The maximum atomic E-state index is 8.88. The Morgan fingerprint density at radius 1 is 1.14 bits per heavy atom. The summed E-state index contributed by atoms with van der Waals surface area (Å²) in [6.45, 7) is 0. The molecule has 0 aliphatic heterocycles. The molecule has 0 saturated heterocycles. The molecule has 0 heterocycles. The normalized spacial score (nSPS) is 8.43. The van der Waals surface area contributed by atoms with Gasteiger partial charge in [0.15, 0.2) is 0 Å². The Kier molecular flexibility index (Phi) is 17.0. The first kappa shape index (κ1) is 16.6. The maximum absolute atomic E-state index is 8.88.